The molecule has 0 saturated carbocycles. The standard InChI is InChI=1S/C15H15BrO3S/c1-3-18-13-7-11(12(16)8-14(13)19-4-2)15(17)10-5-6-20-9-10/h5-9H,3-4H2,1-2H3. The normalized spacial score (nSPS) is 10.3. The van der Waals surface area contributed by atoms with Gasteiger partial charge in [0.15, 0.2) is 17.3 Å². The van der Waals surface area contributed by atoms with Gasteiger partial charge in [0.1, 0.15) is 0 Å². The largest absolute Gasteiger partial charge is 0.490 e. The predicted octanol–water partition coefficient (Wildman–Crippen LogP) is 4.54. The van der Waals surface area contributed by atoms with Crippen LogP contribution in [0.5, 0.6) is 11.5 Å². The van der Waals surface area contributed by atoms with Crippen molar-refractivity contribution in [1.29, 1.82) is 0 Å². The lowest BCUT2D eigenvalue weighted by atomic mass is 10.1. The fraction of sp³-hybridized carbons (Fsp3) is 0.267. The molecule has 1 heterocycles. The third-order valence-electron chi connectivity index (χ3n) is 2.66. The molecule has 0 fully saturated rings. The van der Waals surface area contributed by atoms with Crippen molar-refractivity contribution >= 4 is 33.0 Å². The Labute approximate surface area is 130 Å². The van der Waals surface area contributed by atoms with Crippen LogP contribution < -0.4 is 9.47 Å². The summed E-state index contributed by atoms with van der Waals surface area (Å²) in [6.07, 6.45) is 0. The molecule has 0 radical (unpaired) electrons. The van der Waals surface area contributed by atoms with E-state index < -0.39 is 0 Å². The molecule has 3 nitrogen and oxygen atoms in total. The van der Waals surface area contributed by atoms with Gasteiger partial charge in [0.2, 0.25) is 0 Å². The van der Waals surface area contributed by atoms with Gasteiger partial charge in [0.25, 0.3) is 0 Å². The summed E-state index contributed by atoms with van der Waals surface area (Å²) in [6, 6.07) is 5.34. The van der Waals surface area contributed by atoms with Crippen LogP contribution in [0.15, 0.2) is 33.4 Å². The van der Waals surface area contributed by atoms with E-state index in [1.807, 2.05) is 30.7 Å². The highest BCUT2D eigenvalue weighted by Gasteiger charge is 2.17. The molecule has 0 aliphatic heterocycles. The van der Waals surface area contributed by atoms with Crippen molar-refractivity contribution in [2.75, 3.05) is 13.2 Å². The number of hydrogen-bond acceptors (Lipinski definition) is 4. The summed E-state index contributed by atoms with van der Waals surface area (Å²) in [5, 5.41) is 3.73. The highest BCUT2D eigenvalue weighted by Crippen LogP contribution is 2.35. The Balaban J connectivity index is 2.43. The molecule has 5 heteroatoms. The molecule has 20 heavy (non-hydrogen) atoms. The van der Waals surface area contributed by atoms with E-state index in [0.29, 0.717) is 40.3 Å². The first-order chi connectivity index (χ1) is 9.67. The number of ketones is 1. The molecule has 0 bridgehead atoms. The molecule has 0 spiro atoms. The summed E-state index contributed by atoms with van der Waals surface area (Å²) in [5.74, 6) is 1.21. The zero-order chi connectivity index (χ0) is 14.5. The Bertz CT molecular complexity index is 593. The zero-order valence-corrected chi connectivity index (χ0v) is 13.7. The Morgan fingerprint density at radius 1 is 1.20 bits per heavy atom. The molecule has 0 saturated heterocycles. The van der Waals surface area contributed by atoms with Gasteiger partial charge in [-0.25, -0.2) is 0 Å². The van der Waals surface area contributed by atoms with Crippen molar-refractivity contribution in [3.05, 3.63) is 44.6 Å². The third-order valence-corrected chi connectivity index (χ3v) is 4.00. The Morgan fingerprint density at radius 2 is 1.85 bits per heavy atom. The van der Waals surface area contributed by atoms with Crippen LogP contribution in [0, 0.1) is 0 Å². The second-order valence-electron chi connectivity index (χ2n) is 3.99. The average Bonchev–Trinajstić information content (AvgIpc) is 2.95. The van der Waals surface area contributed by atoms with Crippen LogP contribution in [-0.2, 0) is 0 Å². The van der Waals surface area contributed by atoms with Crippen molar-refractivity contribution in [2.24, 2.45) is 0 Å². The number of hydrogen-bond donors (Lipinski definition) is 0. The lowest BCUT2D eigenvalue weighted by Crippen LogP contribution is -2.04. The SMILES string of the molecule is CCOc1cc(Br)c(C(=O)c2ccsc2)cc1OCC. The van der Waals surface area contributed by atoms with Gasteiger partial charge in [0, 0.05) is 21.0 Å². The summed E-state index contributed by atoms with van der Waals surface area (Å²) in [4.78, 5) is 12.4. The number of thiophene rings is 1. The minimum absolute atomic E-state index is 0.0258. The van der Waals surface area contributed by atoms with Crippen LogP contribution >= 0.6 is 27.3 Å². The number of rotatable bonds is 6. The summed E-state index contributed by atoms with van der Waals surface area (Å²) < 4.78 is 11.8. The number of carbonyl (C=O) groups is 1. The molecule has 1 aromatic heterocycles. The van der Waals surface area contributed by atoms with E-state index in [2.05, 4.69) is 15.9 Å². The van der Waals surface area contributed by atoms with Crippen LogP contribution in [0.1, 0.15) is 29.8 Å². The van der Waals surface area contributed by atoms with Gasteiger partial charge in [-0.1, -0.05) is 0 Å². The molecular formula is C15H15BrO3S. The van der Waals surface area contributed by atoms with Crippen LogP contribution in [0.3, 0.4) is 0 Å². The van der Waals surface area contributed by atoms with Crippen molar-refractivity contribution < 1.29 is 14.3 Å². The Kier molecular flexibility index (Phi) is 5.20. The van der Waals surface area contributed by atoms with Gasteiger partial charge >= 0.3 is 0 Å². The fourth-order valence-corrected chi connectivity index (χ4v) is 2.93. The molecular weight excluding hydrogens is 340 g/mol. The maximum absolute atomic E-state index is 12.4. The summed E-state index contributed by atoms with van der Waals surface area (Å²) in [6.45, 7) is 4.88. The first-order valence-corrected chi connectivity index (χ1v) is 8.07. The van der Waals surface area contributed by atoms with Crippen LogP contribution in [-0.4, -0.2) is 19.0 Å². The third kappa shape index (κ3) is 3.22. The molecule has 0 aliphatic rings. The number of benzene rings is 1. The van der Waals surface area contributed by atoms with Gasteiger partial charge in [0.05, 0.1) is 13.2 Å². The van der Waals surface area contributed by atoms with E-state index in [1.54, 1.807) is 12.1 Å². The van der Waals surface area contributed by atoms with E-state index in [-0.39, 0.29) is 5.78 Å². The topological polar surface area (TPSA) is 35.5 Å². The van der Waals surface area contributed by atoms with Gasteiger partial charge in [-0.3, -0.25) is 4.79 Å². The van der Waals surface area contributed by atoms with Crippen LogP contribution in [0.2, 0.25) is 0 Å². The smallest absolute Gasteiger partial charge is 0.195 e. The second kappa shape index (κ2) is 6.90. The molecule has 0 amide bonds. The first-order valence-electron chi connectivity index (χ1n) is 6.33. The predicted molar refractivity (Wildman–Crippen MR) is 84.2 cm³/mol. The van der Waals surface area contributed by atoms with Crippen molar-refractivity contribution in [3.8, 4) is 11.5 Å². The highest BCUT2D eigenvalue weighted by molar-refractivity contribution is 9.10. The van der Waals surface area contributed by atoms with E-state index in [4.69, 9.17) is 9.47 Å². The molecule has 0 unspecified atom stereocenters. The van der Waals surface area contributed by atoms with Gasteiger partial charge < -0.3 is 9.47 Å². The highest BCUT2D eigenvalue weighted by atomic mass is 79.9. The van der Waals surface area contributed by atoms with E-state index in [0.717, 1.165) is 0 Å². The van der Waals surface area contributed by atoms with Gasteiger partial charge in [-0.2, -0.15) is 11.3 Å². The number of carbonyl (C=O) groups excluding carboxylic acids is 1. The molecule has 0 atom stereocenters. The van der Waals surface area contributed by atoms with Crippen LogP contribution in [0.4, 0.5) is 0 Å². The van der Waals surface area contributed by atoms with Crippen molar-refractivity contribution in [2.45, 2.75) is 13.8 Å². The van der Waals surface area contributed by atoms with Gasteiger partial charge in [-0.15, -0.1) is 0 Å². The number of ether oxygens (including phenoxy) is 2. The monoisotopic (exact) mass is 354 g/mol. The van der Waals surface area contributed by atoms with Crippen molar-refractivity contribution in [1.82, 2.24) is 0 Å². The van der Waals surface area contributed by atoms with E-state index in [1.165, 1.54) is 11.3 Å². The summed E-state index contributed by atoms with van der Waals surface area (Å²) in [7, 11) is 0. The Hall–Kier alpha value is -1.33. The molecule has 2 rings (SSSR count). The lowest BCUT2D eigenvalue weighted by molar-refractivity contribution is 0.103. The van der Waals surface area contributed by atoms with E-state index in [9.17, 15) is 4.79 Å². The fourth-order valence-electron chi connectivity index (χ4n) is 1.79. The minimum atomic E-state index is -0.0258. The zero-order valence-electron chi connectivity index (χ0n) is 11.3. The average molecular weight is 355 g/mol. The molecule has 2 aromatic rings. The molecule has 0 N–H and O–H groups in total. The summed E-state index contributed by atoms with van der Waals surface area (Å²) >= 11 is 4.94. The van der Waals surface area contributed by atoms with E-state index >= 15 is 0 Å². The minimum Gasteiger partial charge on any atom is -0.490 e. The van der Waals surface area contributed by atoms with Gasteiger partial charge in [-0.05, 0) is 53.4 Å². The summed E-state index contributed by atoms with van der Waals surface area (Å²) in [5.41, 5.74) is 1.26. The maximum atomic E-state index is 12.4. The van der Waals surface area contributed by atoms with Crippen molar-refractivity contribution in [3.63, 3.8) is 0 Å². The maximum Gasteiger partial charge on any atom is 0.195 e. The van der Waals surface area contributed by atoms with Crippen LogP contribution in [0.25, 0.3) is 0 Å². The Morgan fingerprint density at radius 3 is 2.40 bits per heavy atom. The molecule has 1 aromatic carbocycles. The number of halogens is 1. The second-order valence-corrected chi connectivity index (χ2v) is 5.62. The lowest BCUT2D eigenvalue weighted by Gasteiger charge is -2.13. The quantitative estimate of drug-likeness (QED) is 0.714. The molecule has 106 valence electrons. The first kappa shape index (κ1) is 15.1. The molecule has 0 aliphatic carbocycles.